The van der Waals surface area contributed by atoms with Crippen LogP contribution in [0.1, 0.15) is 32.3 Å². The Morgan fingerprint density at radius 2 is 1.83 bits per heavy atom. The molecule has 1 aromatic carbocycles. The molecule has 24 heavy (non-hydrogen) atoms. The van der Waals surface area contributed by atoms with Gasteiger partial charge in [-0.2, -0.15) is 0 Å². The SMILES string of the molecule is CCCCN(C)C(=NCc1ccc(N2CC=CC2)cc1)NCC.I. The quantitative estimate of drug-likeness (QED) is 0.301. The van der Waals surface area contributed by atoms with Gasteiger partial charge in [0.2, 0.25) is 0 Å². The summed E-state index contributed by atoms with van der Waals surface area (Å²) in [4.78, 5) is 9.35. The summed E-state index contributed by atoms with van der Waals surface area (Å²) in [6.45, 7) is 9.03. The fraction of sp³-hybridized carbons (Fsp3) is 0.526. The molecule has 2 rings (SSSR count). The van der Waals surface area contributed by atoms with Gasteiger partial charge in [-0.3, -0.25) is 0 Å². The van der Waals surface area contributed by atoms with Gasteiger partial charge in [-0.1, -0.05) is 37.6 Å². The third kappa shape index (κ3) is 6.34. The topological polar surface area (TPSA) is 30.9 Å². The molecule has 0 saturated carbocycles. The number of halogens is 1. The largest absolute Gasteiger partial charge is 0.364 e. The van der Waals surface area contributed by atoms with Crippen molar-refractivity contribution in [3.8, 4) is 0 Å². The molecule has 0 aliphatic carbocycles. The molecule has 0 unspecified atom stereocenters. The summed E-state index contributed by atoms with van der Waals surface area (Å²) in [5.74, 6) is 0.994. The van der Waals surface area contributed by atoms with Crippen molar-refractivity contribution in [2.45, 2.75) is 33.2 Å². The summed E-state index contributed by atoms with van der Waals surface area (Å²) in [6.07, 6.45) is 6.83. The van der Waals surface area contributed by atoms with E-state index in [2.05, 4.69) is 72.4 Å². The van der Waals surface area contributed by atoms with Crippen LogP contribution < -0.4 is 10.2 Å². The van der Waals surface area contributed by atoms with Crippen LogP contribution >= 0.6 is 24.0 Å². The molecule has 0 radical (unpaired) electrons. The van der Waals surface area contributed by atoms with Crippen molar-refractivity contribution in [1.82, 2.24) is 10.2 Å². The molecule has 0 saturated heterocycles. The summed E-state index contributed by atoms with van der Waals surface area (Å²) in [5, 5.41) is 3.38. The molecule has 1 heterocycles. The van der Waals surface area contributed by atoms with E-state index >= 15 is 0 Å². The van der Waals surface area contributed by atoms with Gasteiger partial charge >= 0.3 is 0 Å². The summed E-state index contributed by atoms with van der Waals surface area (Å²) in [7, 11) is 2.11. The normalized spacial score (nSPS) is 13.8. The average molecular weight is 442 g/mol. The summed E-state index contributed by atoms with van der Waals surface area (Å²) < 4.78 is 0. The molecular formula is C19H31IN4. The van der Waals surface area contributed by atoms with Gasteiger partial charge in [0.05, 0.1) is 6.54 Å². The van der Waals surface area contributed by atoms with Gasteiger partial charge in [0, 0.05) is 38.9 Å². The van der Waals surface area contributed by atoms with E-state index in [4.69, 9.17) is 4.99 Å². The van der Waals surface area contributed by atoms with Crippen LogP contribution in [0.4, 0.5) is 5.69 Å². The third-order valence-electron chi connectivity index (χ3n) is 4.07. The van der Waals surface area contributed by atoms with E-state index in [0.29, 0.717) is 0 Å². The molecular weight excluding hydrogens is 411 g/mol. The van der Waals surface area contributed by atoms with Gasteiger partial charge in [-0.15, -0.1) is 24.0 Å². The lowest BCUT2D eigenvalue weighted by Gasteiger charge is -2.22. The zero-order valence-corrected chi connectivity index (χ0v) is 17.5. The number of unbranched alkanes of at least 4 members (excludes halogenated alkanes) is 1. The van der Waals surface area contributed by atoms with Crippen molar-refractivity contribution in [3.63, 3.8) is 0 Å². The first-order chi connectivity index (χ1) is 11.2. The molecule has 0 fully saturated rings. The first kappa shape index (κ1) is 20.8. The van der Waals surface area contributed by atoms with Gasteiger partial charge in [-0.25, -0.2) is 4.99 Å². The van der Waals surface area contributed by atoms with Crippen LogP contribution in [0.25, 0.3) is 0 Å². The Morgan fingerprint density at radius 1 is 1.17 bits per heavy atom. The van der Waals surface area contributed by atoms with Crippen LogP contribution in [0.3, 0.4) is 0 Å². The predicted octanol–water partition coefficient (Wildman–Crippen LogP) is 3.88. The Balaban J connectivity index is 0.00000288. The fourth-order valence-corrected chi connectivity index (χ4v) is 2.64. The van der Waals surface area contributed by atoms with Crippen molar-refractivity contribution in [1.29, 1.82) is 0 Å². The lowest BCUT2D eigenvalue weighted by Crippen LogP contribution is -2.39. The van der Waals surface area contributed by atoms with Crippen molar-refractivity contribution in [3.05, 3.63) is 42.0 Å². The van der Waals surface area contributed by atoms with E-state index in [9.17, 15) is 0 Å². The van der Waals surface area contributed by atoms with Crippen molar-refractivity contribution < 1.29 is 0 Å². The first-order valence-electron chi connectivity index (χ1n) is 8.73. The Hall–Kier alpha value is -1.24. The van der Waals surface area contributed by atoms with E-state index in [-0.39, 0.29) is 24.0 Å². The molecule has 1 N–H and O–H groups in total. The molecule has 0 amide bonds. The van der Waals surface area contributed by atoms with Crippen molar-refractivity contribution in [2.75, 3.05) is 38.1 Å². The smallest absolute Gasteiger partial charge is 0.193 e. The van der Waals surface area contributed by atoms with Crippen LogP contribution in [-0.4, -0.2) is 44.1 Å². The second kappa shape index (κ2) is 11.3. The minimum atomic E-state index is 0. The van der Waals surface area contributed by atoms with E-state index in [1.165, 1.54) is 24.1 Å². The minimum absolute atomic E-state index is 0. The van der Waals surface area contributed by atoms with Gasteiger partial charge < -0.3 is 15.1 Å². The Morgan fingerprint density at radius 3 is 2.42 bits per heavy atom. The van der Waals surface area contributed by atoms with Crippen molar-refractivity contribution in [2.24, 2.45) is 4.99 Å². The van der Waals surface area contributed by atoms with Gasteiger partial charge in [0.15, 0.2) is 5.96 Å². The lowest BCUT2D eigenvalue weighted by molar-refractivity contribution is 0.465. The van der Waals surface area contributed by atoms with Crippen LogP contribution in [-0.2, 0) is 6.54 Å². The highest BCUT2D eigenvalue weighted by molar-refractivity contribution is 14.0. The first-order valence-corrected chi connectivity index (χ1v) is 8.73. The number of guanidine groups is 1. The molecule has 0 atom stereocenters. The van der Waals surface area contributed by atoms with Crippen molar-refractivity contribution >= 4 is 35.6 Å². The van der Waals surface area contributed by atoms with E-state index in [1.54, 1.807) is 0 Å². The molecule has 1 aliphatic heterocycles. The highest BCUT2D eigenvalue weighted by atomic mass is 127. The van der Waals surface area contributed by atoms with Gasteiger partial charge in [0.25, 0.3) is 0 Å². The number of benzene rings is 1. The maximum Gasteiger partial charge on any atom is 0.193 e. The minimum Gasteiger partial charge on any atom is -0.364 e. The average Bonchev–Trinajstić information content (AvgIpc) is 3.11. The maximum atomic E-state index is 4.77. The second-order valence-corrected chi connectivity index (χ2v) is 5.99. The highest BCUT2D eigenvalue weighted by Crippen LogP contribution is 2.18. The van der Waals surface area contributed by atoms with Crippen LogP contribution in [0.5, 0.6) is 0 Å². The third-order valence-corrected chi connectivity index (χ3v) is 4.07. The van der Waals surface area contributed by atoms with Gasteiger partial charge in [0.1, 0.15) is 0 Å². The number of rotatable bonds is 7. The maximum absolute atomic E-state index is 4.77. The molecule has 4 nitrogen and oxygen atoms in total. The lowest BCUT2D eigenvalue weighted by atomic mass is 10.2. The fourth-order valence-electron chi connectivity index (χ4n) is 2.64. The summed E-state index contributed by atoms with van der Waals surface area (Å²) >= 11 is 0. The van der Waals surface area contributed by atoms with E-state index in [1.807, 2.05) is 0 Å². The monoisotopic (exact) mass is 442 g/mol. The second-order valence-electron chi connectivity index (χ2n) is 5.99. The van der Waals surface area contributed by atoms with Crippen LogP contribution in [0, 0.1) is 0 Å². The molecule has 0 bridgehead atoms. The Labute approximate surface area is 164 Å². The standard InChI is InChI=1S/C19H30N4.HI/c1-4-6-13-22(3)19(20-5-2)21-16-17-9-11-18(12-10-17)23-14-7-8-15-23;/h7-12H,4-6,13-16H2,1-3H3,(H,20,21);1H. The Kier molecular flexibility index (Phi) is 9.83. The molecule has 0 spiro atoms. The van der Waals surface area contributed by atoms with Crippen LogP contribution in [0.15, 0.2) is 41.4 Å². The molecule has 1 aromatic rings. The number of anilines is 1. The summed E-state index contributed by atoms with van der Waals surface area (Å²) in [6, 6.07) is 8.77. The Bertz CT molecular complexity index is 517. The molecule has 1 aliphatic rings. The number of nitrogens with one attached hydrogen (secondary N) is 1. The summed E-state index contributed by atoms with van der Waals surface area (Å²) in [5.41, 5.74) is 2.54. The highest BCUT2D eigenvalue weighted by Gasteiger charge is 2.07. The number of hydrogen-bond donors (Lipinski definition) is 1. The molecule has 5 heteroatoms. The number of hydrogen-bond acceptors (Lipinski definition) is 2. The van der Waals surface area contributed by atoms with Crippen LogP contribution in [0.2, 0.25) is 0 Å². The number of aliphatic imine (C=N–C) groups is 1. The van der Waals surface area contributed by atoms with E-state index in [0.717, 1.165) is 38.7 Å². The predicted molar refractivity (Wildman–Crippen MR) is 116 cm³/mol. The van der Waals surface area contributed by atoms with Gasteiger partial charge in [-0.05, 0) is 31.0 Å². The molecule has 134 valence electrons. The molecule has 0 aromatic heterocycles. The number of nitrogens with zero attached hydrogens (tertiary/aromatic N) is 3. The zero-order valence-electron chi connectivity index (χ0n) is 15.2. The zero-order chi connectivity index (χ0) is 16.5. The van der Waals surface area contributed by atoms with E-state index < -0.39 is 0 Å².